The molecule has 1 aliphatic rings. The van der Waals surface area contributed by atoms with Crippen molar-refractivity contribution in [3.63, 3.8) is 0 Å². The van der Waals surface area contributed by atoms with Crippen LogP contribution in [0.25, 0.3) is 0 Å². The summed E-state index contributed by atoms with van der Waals surface area (Å²) in [7, 11) is 1.83. The first-order chi connectivity index (χ1) is 7.25. The largest absolute Gasteiger partial charge is 0.381 e. The molecular formula is C13H23NO. The van der Waals surface area contributed by atoms with Crippen LogP contribution in [-0.2, 0) is 4.74 Å². The van der Waals surface area contributed by atoms with Crippen molar-refractivity contribution in [1.29, 1.82) is 0 Å². The van der Waals surface area contributed by atoms with Gasteiger partial charge in [0, 0.05) is 18.6 Å². The second-order valence-corrected chi connectivity index (χ2v) is 4.26. The summed E-state index contributed by atoms with van der Waals surface area (Å²) in [5, 5.41) is 3.52. The van der Waals surface area contributed by atoms with E-state index in [2.05, 4.69) is 31.0 Å². The highest BCUT2D eigenvalue weighted by Crippen LogP contribution is 2.48. The Hall–Kier alpha value is -0.520. The van der Waals surface area contributed by atoms with E-state index in [9.17, 15) is 0 Å². The van der Waals surface area contributed by atoms with E-state index in [4.69, 9.17) is 4.74 Å². The molecule has 0 spiro atoms. The third-order valence-electron chi connectivity index (χ3n) is 4.00. The van der Waals surface area contributed by atoms with Crippen LogP contribution in [0.3, 0.4) is 0 Å². The van der Waals surface area contributed by atoms with Crippen molar-refractivity contribution in [3.05, 3.63) is 0 Å². The van der Waals surface area contributed by atoms with Crippen molar-refractivity contribution >= 4 is 0 Å². The first-order valence-electron chi connectivity index (χ1n) is 5.90. The van der Waals surface area contributed by atoms with Gasteiger partial charge >= 0.3 is 0 Å². The summed E-state index contributed by atoms with van der Waals surface area (Å²) >= 11 is 0. The zero-order valence-electron chi connectivity index (χ0n) is 10.4. The van der Waals surface area contributed by atoms with Gasteiger partial charge in [0.2, 0.25) is 0 Å². The fourth-order valence-corrected chi connectivity index (χ4v) is 2.83. The number of nitrogens with one attached hydrogen (secondary N) is 1. The van der Waals surface area contributed by atoms with Crippen molar-refractivity contribution < 1.29 is 4.74 Å². The van der Waals surface area contributed by atoms with Crippen molar-refractivity contribution in [2.24, 2.45) is 5.41 Å². The molecule has 15 heavy (non-hydrogen) atoms. The van der Waals surface area contributed by atoms with E-state index < -0.39 is 0 Å². The molecule has 0 aromatic rings. The van der Waals surface area contributed by atoms with Crippen LogP contribution in [0.5, 0.6) is 0 Å². The monoisotopic (exact) mass is 209 g/mol. The Bertz CT molecular complexity index is 247. The molecule has 0 aromatic carbocycles. The van der Waals surface area contributed by atoms with E-state index in [1.54, 1.807) is 0 Å². The Morgan fingerprint density at radius 1 is 1.40 bits per heavy atom. The molecule has 1 N–H and O–H groups in total. The normalized spacial score (nSPS) is 27.7. The summed E-state index contributed by atoms with van der Waals surface area (Å²) in [5.74, 6) is 5.98. The Labute approximate surface area is 93.8 Å². The molecule has 86 valence electrons. The molecule has 1 rings (SSSR count). The fourth-order valence-electron chi connectivity index (χ4n) is 2.83. The van der Waals surface area contributed by atoms with Gasteiger partial charge in [-0.15, -0.1) is 5.92 Å². The highest BCUT2D eigenvalue weighted by atomic mass is 16.5. The zero-order chi connectivity index (χ0) is 11.3. The number of rotatable bonds is 5. The number of ether oxygens (including phenoxy) is 1. The third kappa shape index (κ3) is 2.19. The second kappa shape index (κ2) is 5.53. The van der Waals surface area contributed by atoms with Crippen LogP contribution in [0.2, 0.25) is 0 Å². The van der Waals surface area contributed by atoms with Crippen LogP contribution in [0, 0.1) is 17.3 Å². The van der Waals surface area contributed by atoms with E-state index in [0.29, 0.717) is 17.6 Å². The van der Waals surface area contributed by atoms with E-state index in [1.165, 1.54) is 12.8 Å². The predicted octanol–water partition coefficient (Wildman–Crippen LogP) is 2.19. The highest BCUT2D eigenvalue weighted by Gasteiger charge is 2.52. The number of hydrogen-bond donors (Lipinski definition) is 1. The smallest absolute Gasteiger partial charge is 0.0657 e. The lowest BCUT2D eigenvalue weighted by Gasteiger charge is -2.55. The Morgan fingerprint density at radius 2 is 2.07 bits per heavy atom. The van der Waals surface area contributed by atoms with Crippen molar-refractivity contribution in [1.82, 2.24) is 5.32 Å². The molecule has 2 unspecified atom stereocenters. The van der Waals surface area contributed by atoms with Gasteiger partial charge in [0.15, 0.2) is 0 Å². The Kier molecular flexibility index (Phi) is 4.63. The van der Waals surface area contributed by atoms with Gasteiger partial charge in [0.25, 0.3) is 0 Å². The van der Waals surface area contributed by atoms with Crippen LogP contribution >= 0.6 is 0 Å². The molecule has 0 heterocycles. The van der Waals surface area contributed by atoms with Gasteiger partial charge in [-0.2, -0.15) is 0 Å². The second-order valence-electron chi connectivity index (χ2n) is 4.26. The first-order valence-corrected chi connectivity index (χ1v) is 5.90. The Morgan fingerprint density at radius 3 is 2.53 bits per heavy atom. The van der Waals surface area contributed by atoms with E-state index >= 15 is 0 Å². The summed E-state index contributed by atoms with van der Waals surface area (Å²) in [4.78, 5) is 0. The van der Waals surface area contributed by atoms with Crippen LogP contribution in [0.15, 0.2) is 0 Å². The minimum atomic E-state index is 0.337. The lowest BCUT2D eigenvalue weighted by Crippen LogP contribution is -2.63. The van der Waals surface area contributed by atoms with Gasteiger partial charge in [0.05, 0.1) is 12.6 Å². The molecule has 0 bridgehead atoms. The van der Waals surface area contributed by atoms with Gasteiger partial charge in [-0.1, -0.05) is 19.8 Å². The third-order valence-corrected chi connectivity index (χ3v) is 4.00. The lowest BCUT2D eigenvalue weighted by molar-refractivity contribution is -0.122. The molecule has 0 aromatic heterocycles. The first kappa shape index (κ1) is 12.5. The summed E-state index contributed by atoms with van der Waals surface area (Å²) in [6.45, 7) is 7.20. The molecule has 0 aliphatic heterocycles. The summed E-state index contributed by atoms with van der Waals surface area (Å²) in [6, 6.07) is 0.582. The quantitative estimate of drug-likeness (QED) is 0.701. The lowest BCUT2D eigenvalue weighted by atomic mass is 9.58. The van der Waals surface area contributed by atoms with Crippen LogP contribution in [-0.4, -0.2) is 25.8 Å². The number of hydrogen-bond acceptors (Lipinski definition) is 2. The van der Waals surface area contributed by atoms with Crippen LogP contribution < -0.4 is 5.32 Å². The van der Waals surface area contributed by atoms with E-state index in [-0.39, 0.29) is 0 Å². The maximum Gasteiger partial charge on any atom is 0.0657 e. The molecule has 1 fully saturated rings. The molecule has 2 atom stereocenters. The van der Waals surface area contributed by atoms with Gasteiger partial charge in [-0.05, 0) is 26.2 Å². The van der Waals surface area contributed by atoms with E-state index in [0.717, 1.165) is 13.0 Å². The summed E-state index contributed by atoms with van der Waals surface area (Å²) in [6.07, 6.45) is 3.92. The summed E-state index contributed by atoms with van der Waals surface area (Å²) < 4.78 is 5.54. The molecule has 0 amide bonds. The van der Waals surface area contributed by atoms with Crippen molar-refractivity contribution in [3.8, 4) is 11.8 Å². The van der Waals surface area contributed by atoms with Crippen molar-refractivity contribution in [2.45, 2.75) is 52.2 Å². The van der Waals surface area contributed by atoms with Crippen LogP contribution in [0.4, 0.5) is 0 Å². The van der Waals surface area contributed by atoms with Gasteiger partial charge < -0.3 is 10.1 Å². The maximum absolute atomic E-state index is 5.54. The molecule has 1 aliphatic carbocycles. The molecule has 1 saturated carbocycles. The van der Waals surface area contributed by atoms with E-state index in [1.807, 2.05) is 14.0 Å². The van der Waals surface area contributed by atoms with Gasteiger partial charge in [-0.25, -0.2) is 0 Å². The topological polar surface area (TPSA) is 21.3 Å². The minimum Gasteiger partial charge on any atom is -0.381 e. The highest BCUT2D eigenvalue weighted by molar-refractivity contribution is 5.08. The molecular weight excluding hydrogens is 186 g/mol. The maximum atomic E-state index is 5.54. The van der Waals surface area contributed by atoms with Gasteiger partial charge in [-0.3, -0.25) is 0 Å². The molecule has 2 heteroatoms. The SMILES string of the molecule is CC#CCNC1CC(OC)C1(CC)CC. The summed E-state index contributed by atoms with van der Waals surface area (Å²) in [5.41, 5.74) is 0.337. The molecule has 0 radical (unpaired) electrons. The minimum absolute atomic E-state index is 0.337. The van der Waals surface area contributed by atoms with Gasteiger partial charge in [0.1, 0.15) is 0 Å². The van der Waals surface area contributed by atoms with Crippen LogP contribution in [0.1, 0.15) is 40.0 Å². The molecule has 2 nitrogen and oxygen atoms in total. The Balaban J connectivity index is 2.55. The average molecular weight is 209 g/mol. The van der Waals surface area contributed by atoms with Crippen molar-refractivity contribution in [2.75, 3.05) is 13.7 Å². The average Bonchev–Trinajstić information content (AvgIpc) is 2.24. The zero-order valence-corrected chi connectivity index (χ0v) is 10.4. The standard InChI is InChI=1S/C13H23NO/c1-5-8-9-14-11-10-12(15-4)13(11,6-2)7-3/h11-12,14H,6-7,9-10H2,1-4H3. The predicted molar refractivity (Wildman–Crippen MR) is 63.7 cm³/mol. The molecule has 0 saturated heterocycles. The fraction of sp³-hybridized carbons (Fsp3) is 0.846. The number of methoxy groups -OCH3 is 1.